The van der Waals surface area contributed by atoms with Crippen molar-refractivity contribution in [2.75, 3.05) is 13.1 Å². The number of hydrogen-bond donors (Lipinski definition) is 1. The molecule has 0 amide bonds. The van der Waals surface area contributed by atoms with Crippen LogP contribution in [0, 0.1) is 23.7 Å². The Morgan fingerprint density at radius 2 is 1.47 bits per heavy atom. The van der Waals surface area contributed by atoms with Crippen molar-refractivity contribution >= 4 is 0 Å². The smallest absolute Gasteiger partial charge is 0.00173 e. The van der Waals surface area contributed by atoms with Crippen molar-refractivity contribution in [2.45, 2.75) is 138 Å². The second-order valence-corrected chi connectivity index (χ2v) is 11.9. The van der Waals surface area contributed by atoms with Crippen molar-refractivity contribution in [1.29, 1.82) is 0 Å². The third kappa shape index (κ3) is 13.9. The lowest BCUT2D eigenvalue weighted by atomic mass is 9.79. The molecule has 1 heteroatoms. The predicted molar refractivity (Wildman–Crippen MR) is 155 cm³/mol. The van der Waals surface area contributed by atoms with Crippen molar-refractivity contribution in [2.24, 2.45) is 23.7 Å². The van der Waals surface area contributed by atoms with Gasteiger partial charge in [0.05, 0.1) is 0 Å². The van der Waals surface area contributed by atoms with Gasteiger partial charge in [-0.05, 0) is 95.6 Å². The highest BCUT2D eigenvalue weighted by Gasteiger charge is 2.27. The van der Waals surface area contributed by atoms with E-state index < -0.39 is 0 Å². The molecule has 4 atom stereocenters. The maximum absolute atomic E-state index is 4.29. The van der Waals surface area contributed by atoms with Crippen LogP contribution in [0.3, 0.4) is 0 Å². The molecule has 0 heterocycles. The molecule has 0 aromatic heterocycles. The van der Waals surface area contributed by atoms with E-state index in [0.717, 1.165) is 30.8 Å². The van der Waals surface area contributed by atoms with Crippen LogP contribution < -0.4 is 5.32 Å². The summed E-state index contributed by atoms with van der Waals surface area (Å²) in [7, 11) is 0. The molecule has 0 spiro atoms. The summed E-state index contributed by atoms with van der Waals surface area (Å²) in [6.45, 7) is 24.7. The standard InChI is InChI=1S/C33H61N/c1-9-11-12-13-14-15-19-30(23-26(3)4)25-34-24-28(7)18-16-20-31(17-10-2)33(32-21-22-32)29(8)27(5)6/h28-31,34H,3,5,9-25H2,1-2,4,6-8H3. The number of unbranched alkanes of at least 4 members (excludes halogenated alkanes) is 5. The van der Waals surface area contributed by atoms with E-state index in [2.05, 4.69) is 60.0 Å². The minimum atomic E-state index is 0.574. The molecule has 198 valence electrons. The van der Waals surface area contributed by atoms with Crippen molar-refractivity contribution in [3.8, 4) is 0 Å². The van der Waals surface area contributed by atoms with E-state index in [0.29, 0.717) is 5.92 Å². The molecule has 0 bridgehead atoms. The number of rotatable bonds is 22. The molecule has 0 aliphatic heterocycles. The normalized spacial score (nSPS) is 16.7. The van der Waals surface area contributed by atoms with Gasteiger partial charge in [0.2, 0.25) is 0 Å². The van der Waals surface area contributed by atoms with Crippen LogP contribution in [0.4, 0.5) is 0 Å². The van der Waals surface area contributed by atoms with Crippen LogP contribution in [-0.2, 0) is 0 Å². The molecule has 1 aliphatic carbocycles. The molecule has 0 aromatic carbocycles. The lowest BCUT2D eigenvalue weighted by Crippen LogP contribution is -2.27. The average molecular weight is 472 g/mol. The second kappa shape index (κ2) is 18.4. The molecule has 0 aromatic rings. The third-order valence-electron chi connectivity index (χ3n) is 7.97. The first kappa shape index (κ1) is 31.2. The molecule has 1 saturated carbocycles. The minimum absolute atomic E-state index is 0.574. The first-order valence-corrected chi connectivity index (χ1v) is 15.0. The highest BCUT2D eigenvalue weighted by atomic mass is 14.9. The van der Waals surface area contributed by atoms with Gasteiger partial charge in [-0.1, -0.05) is 108 Å². The fourth-order valence-corrected chi connectivity index (χ4v) is 5.70. The van der Waals surface area contributed by atoms with E-state index in [4.69, 9.17) is 0 Å². The van der Waals surface area contributed by atoms with E-state index in [1.54, 1.807) is 11.1 Å². The predicted octanol–water partition coefficient (Wildman–Crippen LogP) is 10.4. The SMILES string of the molecule is C=C(C)CC(CCCCCCCC)CNCC(C)CCCC(CCC)C(=C1CC1)C(C)C(=C)C. The third-order valence-corrected chi connectivity index (χ3v) is 7.97. The van der Waals surface area contributed by atoms with Crippen LogP contribution in [0.15, 0.2) is 35.5 Å². The zero-order valence-corrected chi connectivity index (χ0v) is 24.2. The second-order valence-electron chi connectivity index (χ2n) is 11.9. The molecule has 1 N–H and O–H groups in total. The van der Waals surface area contributed by atoms with E-state index in [-0.39, 0.29) is 0 Å². The van der Waals surface area contributed by atoms with Crippen molar-refractivity contribution < 1.29 is 0 Å². The zero-order chi connectivity index (χ0) is 25.3. The largest absolute Gasteiger partial charge is 0.316 e. The van der Waals surface area contributed by atoms with Crippen LogP contribution in [0.1, 0.15) is 138 Å². The quantitative estimate of drug-likeness (QED) is 0.122. The summed E-state index contributed by atoms with van der Waals surface area (Å²) in [5.41, 5.74) is 6.23. The molecular weight excluding hydrogens is 410 g/mol. The highest BCUT2D eigenvalue weighted by molar-refractivity contribution is 5.32. The molecule has 4 unspecified atom stereocenters. The summed E-state index contributed by atoms with van der Waals surface area (Å²) < 4.78 is 0. The summed E-state index contributed by atoms with van der Waals surface area (Å²) >= 11 is 0. The molecule has 1 aliphatic rings. The summed E-state index contributed by atoms with van der Waals surface area (Å²) in [6, 6.07) is 0. The molecular formula is C33H61N. The first-order valence-electron chi connectivity index (χ1n) is 15.0. The van der Waals surface area contributed by atoms with Gasteiger partial charge < -0.3 is 5.32 Å². The average Bonchev–Trinajstić information content (AvgIpc) is 3.60. The Bertz CT molecular complexity index is 592. The van der Waals surface area contributed by atoms with Crippen molar-refractivity contribution in [1.82, 2.24) is 5.32 Å². The Hall–Kier alpha value is -0.820. The van der Waals surface area contributed by atoms with Gasteiger partial charge in [-0.25, -0.2) is 0 Å². The lowest BCUT2D eigenvalue weighted by Gasteiger charge is -2.26. The molecule has 0 saturated heterocycles. The number of nitrogens with one attached hydrogen (secondary N) is 1. The Kier molecular flexibility index (Phi) is 16.9. The van der Waals surface area contributed by atoms with Gasteiger partial charge in [0.1, 0.15) is 0 Å². The Morgan fingerprint density at radius 1 is 0.794 bits per heavy atom. The molecule has 1 nitrogen and oxygen atoms in total. The Balaban J connectivity index is 2.37. The fourth-order valence-electron chi connectivity index (χ4n) is 5.70. The van der Waals surface area contributed by atoms with E-state index in [1.807, 2.05) is 0 Å². The van der Waals surface area contributed by atoms with Crippen LogP contribution in [-0.4, -0.2) is 13.1 Å². The van der Waals surface area contributed by atoms with Crippen LogP contribution in [0.5, 0.6) is 0 Å². The van der Waals surface area contributed by atoms with Crippen LogP contribution in [0.2, 0.25) is 0 Å². The molecule has 1 fully saturated rings. The van der Waals surface area contributed by atoms with Gasteiger partial charge in [-0.3, -0.25) is 0 Å². The van der Waals surface area contributed by atoms with Gasteiger partial charge in [0, 0.05) is 0 Å². The van der Waals surface area contributed by atoms with Crippen LogP contribution in [0.25, 0.3) is 0 Å². The van der Waals surface area contributed by atoms with Gasteiger partial charge in [0.15, 0.2) is 0 Å². The Morgan fingerprint density at radius 3 is 2.06 bits per heavy atom. The summed E-state index contributed by atoms with van der Waals surface area (Å²) in [5.74, 6) is 2.88. The van der Waals surface area contributed by atoms with E-state index in [1.165, 1.54) is 107 Å². The summed E-state index contributed by atoms with van der Waals surface area (Å²) in [6.07, 6.45) is 20.3. The van der Waals surface area contributed by atoms with E-state index >= 15 is 0 Å². The molecule has 1 rings (SSSR count). The van der Waals surface area contributed by atoms with Crippen molar-refractivity contribution in [3.05, 3.63) is 35.5 Å². The lowest BCUT2D eigenvalue weighted by molar-refractivity contribution is 0.377. The first-order chi connectivity index (χ1) is 16.3. The molecule has 0 radical (unpaired) electrons. The van der Waals surface area contributed by atoms with Crippen LogP contribution >= 0.6 is 0 Å². The maximum Gasteiger partial charge on any atom is -0.00173 e. The molecule has 34 heavy (non-hydrogen) atoms. The topological polar surface area (TPSA) is 12.0 Å². The maximum atomic E-state index is 4.29. The van der Waals surface area contributed by atoms with Gasteiger partial charge in [-0.2, -0.15) is 0 Å². The zero-order valence-electron chi connectivity index (χ0n) is 24.2. The van der Waals surface area contributed by atoms with Gasteiger partial charge in [0.25, 0.3) is 0 Å². The van der Waals surface area contributed by atoms with E-state index in [9.17, 15) is 0 Å². The monoisotopic (exact) mass is 471 g/mol. The summed E-state index contributed by atoms with van der Waals surface area (Å²) in [4.78, 5) is 0. The van der Waals surface area contributed by atoms with Gasteiger partial charge >= 0.3 is 0 Å². The summed E-state index contributed by atoms with van der Waals surface area (Å²) in [5, 5.41) is 3.84. The number of hydrogen-bond acceptors (Lipinski definition) is 1. The van der Waals surface area contributed by atoms with Gasteiger partial charge in [-0.15, -0.1) is 6.58 Å². The number of allylic oxidation sites excluding steroid dienone is 4. The Labute approximate surface area is 215 Å². The van der Waals surface area contributed by atoms with Crippen molar-refractivity contribution in [3.63, 3.8) is 0 Å². The fraction of sp³-hybridized carbons (Fsp3) is 0.818. The minimum Gasteiger partial charge on any atom is -0.316 e. The highest BCUT2D eigenvalue weighted by Crippen LogP contribution is 2.43.